The number of hydrogen-bond donors (Lipinski definition) is 2. The second kappa shape index (κ2) is 8.75. The summed E-state index contributed by atoms with van der Waals surface area (Å²) in [4.78, 5) is 11.8. The number of carbonyl (C=O) groups is 1. The molecule has 3 N–H and O–H groups in total. The lowest BCUT2D eigenvalue weighted by molar-refractivity contribution is -0.121. The molecule has 1 unspecified atom stereocenters. The van der Waals surface area contributed by atoms with Crippen LogP contribution in [0.2, 0.25) is 0 Å². The molecule has 0 bridgehead atoms. The lowest BCUT2D eigenvalue weighted by Crippen LogP contribution is -2.28. The molecule has 1 amide bonds. The highest BCUT2D eigenvalue weighted by molar-refractivity contribution is 7.90. The predicted octanol–water partition coefficient (Wildman–Crippen LogP) is 1.10. The third kappa shape index (κ3) is 7.42. The minimum absolute atomic E-state index is 0.0170. The van der Waals surface area contributed by atoms with E-state index in [2.05, 4.69) is 5.32 Å². The van der Waals surface area contributed by atoms with E-state index < -0.39 is 9.84 Å². The molecule has 1 atom stereocenters. The Labute approximate surface area is 132 Å². The summed E-state index contributed by atoms with van der Waals surface area (Å²) in [5, 5.41) is 2.80. The van der Waals surface area contributed by atoms with Crippen LogP contribution in [0.25, 0.3) is 0 Å². The summed E-state index contributed by atoms with van der Waals surface area (Å²) < 4.78 is 28.1. The normalized spacial score (nSPS) is 12.7. The van der Waals surface area contributed by atoms with E-state index in [0.29, 0.717) is 31.7 Å². The molecule has 0 spiro atoms. The number of carbonyl (C=O) groups excluding carboxylic acids is 1. The van der Waals surface area contributed by atoms with Gasteiger partial charge >= 0.3 is 0 Å². The van der Waals surface area contributed by atoms with Crippen molar-refractivity contribution in [3.8, 4) is 5.75 Å². The molecule has 0 fully saturated rings. The van der Waals surface area contributed by atoms with Crippen LogP contribution in [0.3, 0.4) is 0 Å². The van der Waals surface area contributed by atoms with Crippen molar-refractivity contribution in [2.75, 3.05) is 19.4 Å². The number of ether oxygens (including phenoxy) is 1. The van der Waals surface area contributed by atoms with Crippen molar-refractivity contribution < 1.29 is 17.9 Å². The fourth-order valence-corrected chi connectivity index (χ4v) is 2.36. The van der Waals surface area contributed by atoms with Crippen molar-refractivity contribution in [2.45, 2.75) is 37.1 Å². The van der Waals surface area contributed by atoms with Gasteiger partial charge in [0.25, 0.3) is 0 Å². The molecular formula is C15H24N2O4S. The third-order valence-corrected chi connectivity index (χ3v) is 4.12. The molecule has 0 aliphatic rings. The zero-order valence-corrected chi connectivity index (χ0v) is 13.9. The van der Waals surface area contributed by atoms with Crippen LogP contribution >= 0.6 is 0 Å². The van der Waals surface area contributed by atoms with E-state index in [4.69, 9.17) is 10.5 Å². The van der Waals surface area contributed by atoms with E-state index in [9.17, 15) is 13.2 Å². The van der Waals surface area contributed by atoms with E-state index in [1.54, 1.807) is 12.1 Å². The summed E-state index contributed by atoms with van der Waals surface area (Å²) >= 11 is 0. The minimum atomic E-state index is -3.19. The Bertz CT molecular complexity index is 568. The van der Waals surface area contributed by atoms with Gasteiger partial charge in [0.1, 0.15) is 5.75 Å². The molecule has 0 saturated carbocycles. The molecule has 0 aromatic heterocycles. The largest absolute Gasteiger partial charge is 0.494 e. The van der Waals surface area contributed by atoms with Crippen LogP contribution in [-0.2, 0) is 14.6 Å². The fourth-order valence-electron chi connectivity index (χ4n) is 1.73. The van der Waals surface area contributed by atoms with Crippen molar-refractivity contribution in [1.29, 1.82) is 0 Å². The number of hydrogen-bond acceptors (Lipinski definition) is 5. The van der Waals surface area contributed by atoms with Gasteiger partial charge in [-0.3, -0.25) is 4.79 Å². The number of sulfone groups is 1. The molecule has 22 heavy (non-hydrogen) atoms. The third-order valence-electron chi connectivity index (χ3n) is 2.99. The van der Waals surface area contributed by atoms with Gasteiger partial charge in [-0.2, -0.15) is 0 Å². The highest BCUT2D eigenvalue weighted by Gasteiger charge is 2.06. The SMILES string of the molecule is CC(N)CCNC(=O)CCCOc1ccc(S(C)(=O)=O)cc1. The average molecular weight is 328 g/mol. The summed E-state index contributed by atoms with van der Waals surface area (Å²) in [7, 11) is -3.19. The first-order chi connectivity index (χ1) is 10.3. The monoisotopic (exact) mass is 328 g/mol. The molecule has 1 rings (SSSR count). The topological polar surface area (TPSA) is 98.5 Å². The summed E-state index contributed by atoms with van der Waals surface area (Å²) in [6, 6.07) is 6.31. The Kier molecular flexibility index (Phi) is 7.34. The summed E-state index contributed by atoms with van der Waals surface area (Å²) in [5.74, 6) is 0.571. The molecule has 0 radical (unpaired) electrons. The lowest BCUT2D eigenvalue weighted by Gasteiger charge is -2.08. The van der Waals surface area contributed by atoms with Gasteiger partial charge in [-0.1, -0.05) is 0 Å². The van der Waals surface area contributed by atoms with Gasteiger partial charge < -0.3 is 15.8 Å². The van der Waals surface area contributed by atoms with Crippen LogP contribution in [0, 0.1) is 0 Å². The van der Waals surface area contributed by atoms with Crippen LogP contribution in [0.15, 0.2) is 29.2 Å². The first-order valence-corrected chi connectivity index (χ1v) is 9.13. The molecule has 0 aliphatic carbocycles. The molecule has 1 aromatic carbocycles. The van der Waals surface area contributed by atoms with Crippen molar-refractivity contribution >= 4 is 15.7 Å². The van der Waals surface area contributed by atoms with Crippen molar-refractivity contribution in [3.63, 3.8) is 0 Å². The van der Waals surface area contributed by atoms with Crippen LogP contribution in [0.5, 0.6) is 5.75 Å². The maximum absolute atomic E-state index is 11.5. The highest BCUT2D eigenvalue weighted by atomic mass is 32.2. The van der Waals surface area contributed by atoms with Gasteiger partial charge in [0, 0.05) is 25.3 Å². The van der Waals surface area contributed by atoms with Gasteiger partial charge in [0.05, 0.1) is 11.5 Å². The molecule has 6 nitrogen and oxygen atoms in total. The Morgan fingerprint density at radius 1 is 1.32 bits per heavy atom. The molecule has 0 heterocycles. The zero-order chi connectivity index (χ0) is 16.6. The first kappa shape index (κ1) is 18.4. The molecule has 0 saturated heterocycles. The molecular weight excluding hydrogens is 304 g/mol. The zero-order valence-electron chi connectivity index (χ0n) is 13.0. The Morgan fingerprint density at radius 2 is 1.95 bits per heavy atom. The Morgan fingerprint density at radius 3 is 2.50 bits per heavy atom. The Balaban J connectivity index is 2.23. The second-order valence-corrected chi connectivity index (χ2v) is 7.33. The Hall–Kier alpha value is -1.60. The number of nitrogens with one attached hydrogen (secondary N) is 1. The standard InChI is InChI=1S/C15H24N2O4S/c1-12(16)9-10-17-15(18)4-3-11-21-13-5-7-14(8-6-13)22(2,19)20/h5-8,12H,3-4,9-11,16H2,1-2H3,(H,17,18). The smallest absolute Gasteiger partial charge is 0.220 e. The van der Waals surface area contributed by atoms with Gasteiger partial charge in [-0.05, 0) is 44.0 Å². The average Bonchev–Trinajstić information content (AvgIpc) is 2.43. The van der Waals surface area contributed by atoms with E-state index in [-0.39, 0.29) is 16.8 Å². The van der Waals surface area contributed by atoms with Crippen LogP contribution in [-0.4, -0.2) is 39.8 Å². The first-order valence-electron chi connectivity index (χ1n) is 7.24. The quantitative estimate of drug-likeness (QED) is 0.662. The maximum Gasteiger partial charge on any atom is 0.220 e. The van der Waals surface area contributed by atoms with Crippen molar-refractivity contribution in [3.05, 3.63) is 24.3 Å². The van der Waals surface area contributed by atoms with E-state index in [1.165, 1.54) is 12.1 Å². The van der Waals surface area contributed by atoms with Crippen LogP contribution in [0.4, 0.5) is 0 Å². The lowest BCUT2D eigenvalue weighted by atomic mass is 10.2. The van der Waals surface area contributed by atoms with Crippen LogP contribution < -0.4 is 15.8 Å². The highest BCUT2D eigenvalue weighted by Crippen LogP contribution is 2.16. The minimum Gasteiger partial charge on any atom is -0.494 e. The van der Waals surface area contributed by atoms with Gasteiger partial charge in [0.2, 0.25) is 5.91 Å². The van der Waals surface area contributed by atoms with E-state index in [1.807, 2.05) is 6.92 Å². The molecule has 7 heteroatoms. The number of rotatable bonds is 9. The maximum atomic E-state index is 11.5. The van der Waals surface area contributed by atoms with Gasteiger partial charge in [0.15, 0.2) is 9.84 Å². The molecule has 0 aliphatic heterocycles. The van der Waals surface area contributed by atoms with E-state index in [0.717, 1.165) is 12.7 Å². The number of benzene rings is 1. The molecule has 1 aromatic rings. The van der Waals surface area contributed by atoms with Gasteiger partial charge in [-0.15, -0.1) is 0 Å². The van der Waals surface area contributed by atoms with Crippen molar-refractivity contribution in [2.24, 2.45) is 5.73 Å². The summed E-state index contributed by atoms with van der Waals surface area (Å²) in [5.41, 5.74) is 5.59. The van der Waals surface area contributed by atoms with E-state index >= 15 is 0 Å². The fraction of sp³-hybridized carbons (Fsp3) is 0.533. The summed E-state index contributed by atoms with van der Waals surface area (Å²) in [6.07, 6.45) is 2.90. The number of amides is 1. The summed E-state index contributed by atoms with van der Waals surface area (Å²) in [6.45, 7) is 2.89. The second-order valence-electron chi connectivity index (χ2n) is 5.31. The number of nitrogens with two attached hydrogens (primary N) is 1. The molecule has 124 valence electrons. The van der Waals surface area contributed by atoms with Crippen molar-refractivity contribution in [1.82, 2.24) is 5.32 Å². The van der Waals surface area contributed by atoms with Gasteiger partial charge in [-0.25, -0.2) is 8.42 Å². The predicted molar refractivity (Wildman–Crippen MR) is 85.6 cm³/mol. The van der Waals surface area contributed by atoms with Crippen LogP contribution in [0.1, 0.15) is 26.2 Å².